The second-order valence-corrected chi connectivity index (χ2v) is 5.17. The van der Waals surface area contributed by atoms with Crippen LogP contribution in [0.2, 0.25) is 0 Å². The van der Waals surface area contributed by atoms with Gasteiger partial charge in [-0.2, -0.15) is 0 Å². The Bertz CT molecular complexity index is 231. The molecule has 1 saturated heterocycles. The van der Waals surface area contributed by atoms with E-state index < -0.39 is 5.97 Å². The van der Waals surface area contributed by atoms with E-state index in [1.54, 1.807) is 0 Å². The monoisotopic (exact) mass is 228 g/mol. The minimum atomic E-state index is -0.710. The fourth-order valence-corrected chi connectivity index (χ4v) is 2.25. The maximum atomic E-state index is 10.7. The summed E-state index contributed by atoms with van der Waals surface area (Å²) in [4.78, 5) is 15.1. The molecule has 1 fully saturated rings. The molecule has 0 spiro atoms. The Morgan fingerprint density at radius 1 is 1.56 bits per heavy atom. The highest BCUT2D eigenvalue weighted by Crippen LogP contribution is 2.17. The Kier molecular flexibility index (Phi) is 5.22. The highest BCUT2D eigenvalue weighted by Gasteiger charge is 2.22. The van der Waals surface area contributed by atoms with Gasteiger partial charge in [-0.05, 0) is 46.2 Å². The molecule has 0 radical (unpaired) electrons. The lowest BCUT2D eigenvalue weighted by atomic mass is 9.97. The molecule has 0 aliphatic carbocycles. The number of aliphatic carboxylic acids is 1. The van der Waals surface area contributed by atoms with E-state index in [1.165, 1.54) is 6.42 Å². The van der Waals surface area contributed by atoms with Crippen LogP contribution < -0.4 is 0 Å². The Morgan fingerprint density at radius 3 is 2.81 bits per heavy atom. The third kappa shape index (κ3) is 4.49. The zero-order chi connectivity index (χ0) is 12.1. The van der Waals surface area contributed by atoms with Crippen molar-refractivity contribution in [2.45, 2.75) is 32.7 Å². The molecule has 0 bridgehead atoms. The standard InChI is InChI=1S/C12H24N2O2/c1-10(2)13(3)7-11-5-4-6-14(8-11)9-12(15)16/h10-11H,4-9H2,1-3H3,(H,15,16). The quantitative estimate of drug-likeness (QED) is 0.766. The van der Waals surface area contributed by atoms with Crippen molar-refractivity contribution in [2.24, 2.45) is 5.92 Å². The van der Waals surface area contributed by atoms with Gasteiger partial charge in [0.1, 0.15) is 0 Å². The number of nitrogens with zero attached hydrogens (tertiary/aromatic N) is 2. The fraction of sp³-hybridized carbons (Fsp3) is 0.917. The van der Waals surface area contributed by atoms with Gasteiger partial charge in [0.05, 0.1) is 6.54 Å². The summed E-state index contributed by atoms with van der Waals surface area (Å²) < 4.78 is 0. The van der Waals surface area contributed by atoms with E-state index in [1.807, 2.05) is 0 Å². The van der Waals surface area contributed by atoms with Gasteiger partial charge in [-0.25, -0.2) is 0 Å². The molecule has 4 heteroatoms. The molecule has 1 heterocycles. The zero-order valence-corrected chi connectivity index (χ0v) is 10.6. The Hall–Kier alpha value is -0.610. The van der Waals surface area contributed by atoms with Crippen LogP contribution in [0.25, 0.3) is 0 Å². The van der Waals surface area contributed by atoms with E-state index in [-0.39, 0.29) is 6.54 Å². The van der Waals surface area contributed by atoms with Crippen molar-refractivity contribution in [2.75, 3.05) is 33.2 Å². The average Bonchev–Trinajstić information content (AvgIpc) is 2.16. The van der Waals surface area contributed by atoms with Crippen molar-refractivity contribution in [1.29, 1.82) is 0 Å². The number of carboxylic acids is 1. The van der Waals surface area contributed by atoms with Crippen LogP contribution in [-0.4, -0.2) is 60.1 Å². The first-order valence-corrected chi connectivity index (χ1v) is 6.13. The largest absolute Gasteiger partial charge is 0.480 e. The summed E-state index contributed by atoms with van der Waals surface area (Å²) in [5.41, 5.74) is 0. The average molecular weight is 228 g/mol. The molecule has 1 unspecified atom stereocenters. The molecule has 4 nitrogen and oxygen atoms in total. The maximum absolute atomic E-state index is 10.7. The summed E-state index contributed by atoms with van der Waals surface area (Å²) in [7, 11) is 2.14. The lowest BCUT2D eigenvalue weighted by Crippen LogP contribution is -2.43. The molecule has 1 N–H and O–H groups in total. The Morgan fingerprint density at radius 2 is 2.25 bits per heavy atom. The van der Waals surface area contributed by atoms with Gasteiger partial charge in [-0.3, -0.25) is 9.69 Å². The van der Waals surface area contributed by atoms with Crippen molar-refractivity contribution < 1.29 is 9.90 Å². The normalized spacial score (nSPS) is 22.9. The van der Waals surface area contributed by atoms with E-state index in [4.69, 9.17) is 5.11 Å². The highest BCUT2D eigenvalue weighted by molar-refractivity contribution is 5.69. The predicted molar refractivity (Wildman–Crippen MR) is 64.6 cm³/mol. The predicted octanol–water partition coefficient (Wildman–Crippen LogP) is 1.12. The van der Waals surface area contributed by atoms with Gasteiger partial charge >= 0.3 is 5.97 Å². The molecule has 0 amide bonds. The van der Waals surface area contributed by atoms with E-state index in [2.05, 4.69) is 30.7 Å². The summed E-state index contributed by atoms with van der Waals surface area (Å²) in [5, 5.41) is 8.77. The summed E-state index contributed by atoms with van der Waals surface area (Å²) in [5.74, 6) is -0.0848. The van der Waals surface area contributed by atoms with E-state index in [0.717, 1.165) is 26.1 Å². The van der Waals surface area contributed by atoms with Crippen molar-refractivity contribution in [3.63, 3.8) is 0 Å². The summed E-state index contributed by atoms with van der Waals surface area (Å²) >= 11 is 0. The maximum Gasteiger partial charge on any atom is 0.317 e. The first-order valence-electron chi connectivity index (χ1n) is 6.13. The molecule has 0 aromatic carbocycles. The molecule has 1 aliphatic heterocycles. The number of hydrogen-bond acceptors (Lipinski definition) is 3. The molecule has 1 aliphatic rings. The molecule has 0 aromatic rings. The zero-order valence-electron chi connectivity index (χ0n) is 10.6. The van der Waals surface area contributed by atoms with Crippen LogP contribution in [-0.2, 0) is 4.79 Å². The van der Waals surface area contributed by atoms with E-state index in [9.17, 15) is 4.79 Å². The van der Waals surface area contributed by atoms with Gasteiger partial charge < -0.3 is 10.0 Å². The summed E-state index contributed by atoms with van der Waals surface area (Å²) in [6.45, 7) is 7.53. The topological polar surface area (TPSA) is 43.8 Å². The summed E-state index contributed by atoms with van der Waals surface area (Å²) in [6, 6.07) is 0.565. The van der Waals surface area contributed by atoms with Gasteiger partial charge in [-0.15, -0.1) is 0 Å². The molecule has 0 saturated carbocycles. The fourth-order valence-electron chi connectivity index (χ4n) is 2.25. The third-order valence-electron chi connectivity index (χ3n) is 3.39. The molecule has 16 heavy (non-hydrogen) atoms. The number of piperidine rings is 1. The second-order valence-electron chi connectivity index (χ2n) is 5.17. The Balaban J connectivity index is 2.35. The number of rotatable bonds is 5. The van der Waals surface area contributed by atoms with Crippen LogP contribution in [0.1, 0.15) is 26.7 Å². The van der Waals surface area contributed by atoms with Crippen LogP contribution in [0.5, 0.6) is 0 Å². The number of carboxylic acid groups (broad SMARTS) is 1. The smallest absolute Gasteiger partial charge is 0.317 e. The molecular formula is C12H24N2O2. The van der Waals surface area contributed by atoms with Crippen molar-refractivity contribution in [3.05, 3.63) is 0 Å². The lowest BCUT2D eigenvalue weighted by Gasteiger charge is -2.34. The molecule has 94 valence electrons. The van der Waals surface area contributed by atoms with Gasteiger partial charge in [0, 0.05) is 19.1 Å². The number of carbonyl (C=O) groups is 1. The molecular weight excluding hydrogens is 204 g/mol. The van der Waals surface area contributed by atoms with Gasteiger partial charge in [0.2, 0.25) is 0 Å². The van der Waals surface area contributed by atoms with Crippen LogP contribution in [0.15, 0.2) is 0 Å². The number of likely N-dealkylation sites (tertiary alicyclic amines) is 1. The van der Waals surface area contributed by atoms with Gasteiger partial charge in [-0.1, -0.05) is 0 Å². The van der Waals surface area contributed by atoms with Gasteiger partial charge in [0.25, 0.3) is 0 Å². The van der Waals surface area contributed by atoms with Crippen LogP contribution in [0, 0.1) is 5.92 Å². The van der Waals surface area contributed by atoms with Crippen LogP contribution in [0.3, 0.4) is 0 Å². The second kappa shape index (κ2) is 6.21. The highest BCUT2D eigenvalue weighted by atomic mass is 16.4. The Labute approximate surface area is 98.2 Å². The van der Waals surface area contributed by atoms with Crippen LogP contribution >= 0.6 is 0 Å². The molecule has 0 aromatic heterocycles. The van der Waals surface area contributed by atoms with Gasteiger partial charge in [0.15, 0.2) is 0 Å². The lowest BCUT2D eigenvalue weighted by molar-refractivity contribution is -0.138. The van der Waals surface area contributed by atoms with Crippen molar-refractivity contribution >= 4 is 5.97 Å². The first-order chi connectivity index (χ1) is 7.49. The SMILES string of the molecule is CC(C)N(C)CC1CCCN(CC(=O)O)C1. The molecule has 1 atom stereocenters. The minimum Gasteiger partial charge on any atom is -0.480 e. The number of hydrogen-bond donors (Lipinski definition) is 1. The minimum absolute atomic E-state index is 0.196. The van der Waals surface area contributed by atoms with Crippen molar-refractivity contribution in [3.8, 4) is 0 Å². The third-order valence-corrected chi connectivity index (χ3v) is 3.39. The molecule has 1 rings (SSSR count). The van der Waals surface area contributed by atoms with E-state index in [0.29, 0.717) is 12.0 Å². The first kappa shape index (κ1) is 13.5. The summed E-state index contributed by atoms with van der Waals surface area (Å²) in [6.07, 6.45) is 2.36. The van der Waals surface area contributed by atoms with Crippen LogP contribution in [0.4, 0.5) is 0 Å². The van der Waals surface area contributed by atoms with E-state index >= 15 is 0 Å². The van der Waals surface area contributed by atoms with Crippen molar-refractivity contribution in [1.82, 2.24) is 9.80 Å².